The first kappa shape index (κ1) is 42.0. The molecule has 15 heteroatoms. The topological polar surface area (TPSA) is 182 Å². The lowest BCUT2D eigenvalue weighted by molar-refractivity contribution is -0.143. The zero-order valence-corrected chi connectivity index (χ0v) is 35.2. The minimum Gasteiger partial charge on any atom is -0.456 e. The van der Waals surface area contributed by atoms with E-state index in [-0.39, 0.29) is 37.1 Å². The third-order valence-electron chi connectivity index (χ3n) is 12.0. The van der Waals surface area contributed by atoms with Gasteiger partial charge in [-0.1, -0.05) is 77.4 Å². The van der Waals surface area contributed by atoms with Gasteiger partial charge in [-0.05, 0) is 79.2 Å². The third-order valence-corrected chi connectivity index (χ3v) is 13.9. The van der Waals surface area contributed by atoms with Gasteiger partial charge < -0.3 is 29.6 Å². The summed E-state index contributed by atoms with van der Waals surface area (Å²) in [4.78, 5) is 71.8. The number of fused-ring (bicyclic) bond motifs is 3. The molecule has 1 aromatic heterocycles. The quantitative estimate of drug-likeness (QED) is 0.210. The number of benzene rings is 2. The van der Waals surface area contributed by atoms with E-state index in [9.17, 15) is 32.4 Å². The number of amides is 4. The maximum absolute atomic E-state index is 14.7. The van der Waals surface area contributed by atoms with Crippen LogP contribution in [0.2, 0.25) is 0 Å². The van der Waals surface area contributed by atoms with Crippen LogP contribution in [0.4, 0.5) is 4.79 Å². The summed E-state index contributed by atoms with van der Waals surface area (Å²) in [5.41, 5.74) is 0.0808. The number of aryl methyl sites for hydroxylation is 1. The Kier molecular flexibility index (Phi) is 11.2. The molecule has 59 heavy (non-hydrogen) atoms. The average molecular weight is 830 g/mol. The lowest BCUT2D eigenvalue weighted by atomic mass is 9.85. The van der Waals surface area contributed by atoms with Gasteiger partial charge in [-0.2, -0.15) is 0 Å². The summed E-state index contributed by atoms with van der Waals surface area (Å²) in [6, 6.07) is 14.9. The van der Waals surface area contributed by atoms with E-state index in [0.29, 0.717) is 12.8 Å². The molecule has 2 aliphatic carbocycles. The summed E-state index contributed by atoms with van der Waals surface area (Å²) in [5, 5.41) is 5.76. The van der Waals surface area contributed by atoms with Gasteiger partial charge in [-0.3, -0.25) is 19.1 Å². The fraction of sp³-hybridized carbons (Fsp3) is 0.523. The van der Waals surface area contributed by atoms with Gasteiger partial charge in [0.15, 0.2) is 0 Å². The Morgan fingerprint density at radius 1 is 1.02 bits per heavy atom. The Morgan fingerprint density at radius 3 is 2.41 bits per heavy atom. The van der Waals surface area contributed by atoms with Crippen LogP contribution in [0.25, 0.3) is 16.6 Å². The minimum absolute atomic E-state index is 0.105. The number of nitrogens with one attached hydrogen (secondary N) is 3. The van der Waals surface area contributed by atoms with E-state index >= 15 is 0 Å². The van der Waals surface area contributed by atoms with E-state index in [1.807, 2.05) is 66.9 Å². The van der Waals surface area contributed by atoms with Crippen molar-refractivity contribution in [3.63, 3.8) is 0 Å². The lowest BCUT2D eigenvalue weighted by Crippen LogP contribution is -2.60. The van der Waals surface area contributed by atoms with E-state index in [0.717, 1.165) is 47.8 Å². The molecule has 1 saturated heterocycles. The normalized spacial score (nSPS) is 26.7. The van der Waals surface area contributed by atoms with Gasteiger partial charge in [0.1, 0.15) is 29.4 Å². The van der Waals surface area contributed by atoms with Gasteiger partial charge >= 0.3 is 12.1 Å². The highest BCUT2D eigenvalue weighted by Gasteiger charge is 2.62. The van der Waals surface area contributed by atoms with Crippen molar-refractivity contribution in [2.75, 3.05) is 13.2 Å². The molecule has 0 unspecified atom stereocenters. The number of esters is 1. The molecule has 3 heterocycles. The molecule has 4 aliphatic rings. The molecule has 5 atom stereocenters. The molecule has 4 amide bonds. The maximum Gasteiger partial charge on any atom is 0.407 e. The van der Waals surface area contributed by atoms with E-state index in [4.69, 9.17) is 9.47 Å². The maximum atomic E-state index is 14.7. The van der Waals surface area contributed by atoms with Gasteiger partial charge in [0.2, 0.25) is 21.8 Å². The number of rotatable bonds is 7. The van der Waals surface area contributed by atoms with Crippen LogP contribution in [0.1, 0.15) is 95.6 Å². The van der Waals surface area contributed by atoms with Crippen molar-refractivity contribution in [2.45, 2.75) is 115 Å². The number of alkyl carbamates (subject to hydrolysis) is 1. The summed E-state index contributed by atoms with van der Waals surface area (Å²) < 4.78 is 41.5. The first-order chi connectivity index (χ1) is 27.8. The van der Waals surface area contributed by atoms with Crippen LogP contribution in [-0.2, 0) is 40.3 Å². The van der Waals surface area contributed by atoms with E-state index in [1.54, 1.807) is 20.8 Å². The Labute approximate surface area is 345 Å². The molecular weight excluding hydrogens is 775 g/mol. The van der Waals surface area contributed by atoms with Crippen molar-refractivity contribution in [3.05, 3.63) is 78.5 Å². The lowest BCUT2D eigenvalue weighted by Gasteiger charge is -2.35. The standard InChI is InChI=1S/C44H55N5O9S/c1-7-28-24-44(28,40(53)47-59(55,56)31-19-20-31)46-37(50)34-22-30-25-48(34)38(51)36(42(2,3)4)45-41(54)57-26-43(5,6)21-12-11-14-27-15-13-18-33-32(27)23-35(39(52)58-30)49(33)29-16-9-8-10-17-29/h7-10,13,15-18,23,28,30-31,34,36H,1,11-12,14,19-22,24-26H2,2-6H3,(H,45,54)(H,46,50)(H,47,53)/t28-,30+,34-,36+,44+/m0/s1. The fourth-order valence-corrected chi connectivity index (χ4v) is 9.71. The fourth-order valence-electron chi connectivity index (χ4n) is 8.35. The van der Waals surface area contributed by atoms with Gasteiger partial charge in [0.25, 0.3) is 5.91 Å². The molecule has 2 aromatic carbocycles. The molecule has 2 aliphatic heterocycles. The first-order valence-electron chi connectivity index (χ1n) is 20.5. The molecule has 0 spiro atoms. The molecule has 7 rings (SSSR count). The predicted octanol–water partition coefficient (Wildman–Crippen LogP) is 5.32. The van der Waals surface area contributed by atoms with Crippen LogP contribution in [0.15, 0.2) is 67.3 Å². The van der Waals surface area contributed by atoms with Crippen molar-refractivity contribution in [1.82, 2.24) is 24.8 Å². The summed E-state index contributed by atoms with van der Waals surface area (Å²) in [7, 11) is -3.94. The predicted molar refractivity (Wildman–Crippen MR) is 221 cm³/mol. The van der Waals surface area contributed by atoms with Gasteiger partial charge in [-0.25, -0.2) is 18.0 Å². The number of carbonyl (C=O) groups excluding carboxylic acids is 5. The van der Waals surface area contributed by atoms with Crippen molar-refractivity contribution in [1.29, 1.82) is 0 Å². The van der Waals surface area contributed by atoms with Crippen molar-refractivity contribution in [3.8, 4) is 5.69 Å². The highest BCUT2D eigenvalue weighted by Crippen LogP contribution is 2.45. The first-order valence-corrected chi connectivity index (χ1v) is 22.0. The number of hydrogen-bond donors (Lipinski definition) is 3. The second-order valence-corrected chi connectivity index (χ2v) is 20.4. The van der Waals surface area contributed by atoms with E-state index < -0.39 is 80.1 Å². The molecule has 316 valence electrons. The molecule has 14 nitrogen and oxygen atoms in total. The number of aromatic nitrogens is 1. The third kappa shape index (κ3) is 8.76. The molecule has 4 bridgehead atoms. The zero-order valence-electron chi connectivity index (χ0n) is 34.4. The number of carbonyl (C=O) groups is 5. The number of hydrogen-bond acceptors (Lipinski definition) is 9. The summed E-state index contributed by atoms with van der Waals surface area (Å²) >= 11 is 0. The van der Waals surface area contributed by atoms with Crippen LogP contribution in [0, 0.1) is 16.7 Å². The smallest absolute Gasteiger partial charge is 0.407 e. The van der Waals surface area contributed by atoms with Crippen molar-refractivity contribution in [2.24, 2.45) is 16.7 Å². The van der Waals surface area contributed by atoms with E-state index in [2.05, 4.69) is 28.0 Å². The van der Waals surface area contributed by atoms with E-state index in [1.165, 1.54) is 11.0 Å². The van der Waals surface area contributed by atoms with Crippen LogP contribution in [0.3, 0.4) is 0 Å². The molecule has 2 saturated carbocycles. The summed E-state index contributed by atoms with van der Waals surface area (Å²) in [6.45, 7) is 13.1. The Balaban J connectivity index is 1.25. The van der Waals surface area contributed by atoms with Crippen LogP contribution < -0.4 is 15.4 Å². The number of nitrogens with zero attached hydrogens (tertiary/aromatic N) is 2. The van der Waals surface area contributed by atoms with Crippen molar-refractivity contribution >= 4 is 50.7 Å². The van der Waals surface area contributed by atoms with Crippen LogP contribution in [-0.4, -0.2) is 89.8 Å². The van der Waals surface area contributed by atoms with Gasteiger partial charge in [0.05, 0.1) is 23.9 Å². The summed E-state index contributed by atoms with van der Waals surface area (Å²) in [5.74, 6) is -3.45. The Bertz CT molecular complexity index is 2280. The Morgan fingerprint density at radius 2 is 1.75 bits per heavy atom. The highest BCUT2D eigenvalue weighted by molar-refractivity contribution is 7.91. The van der Waals surface area contributed by atoms with Gasteiger partial charge in [-0.15, -0.1) is 6.58 Å². The number of para-hydroxylation sites is 1. The van der Waals surface area contributed by atoms with Crippen LogP contribution in [0.5, 0.6) is 0 Å². The number of ether oxygens (including phenoxy) is 2. The largest absolute Gasteiger partial charge is 0.456 e. The summed E-state index contributed by atoms with van der Waals surface area (Å²) in [6.07, 6.45) is 3.82. The van der Waals surface area contributed by atoms with Crippen molar-refractivity contribution < 1.29 is 41.9 Å². The second-order valence-electron chi connectivity index (χ2n) is 18.4. The molecule has 3 fully saturated rings. The number of sulfonamides is 1. The molecule has 0 radical (unpaired) electrons. The average Bonchev–Trinajstić information content (AvgIpc) is 4.08. The Hall–Kier alpha value is -5.18. The van der Waals surface area contributed by atoms with Gasteiger partial charge in [0, 0.05) is 23.4 Å². The molecule has 3 aromatic rings. The second kappa shape index (κ2) is 15.8. The molecule has 3 N–H and O–H groups in total. The SMILES string of the molecule is C=C[C@H]1C[C@]1(NC(=O)[C@@H]1C[C@@H]2CN1C(=O)[C@H](C(C)(C)C)NC(=O)OCC(C)(C)CCCCc1cccc3c1cc(n3-c1ccccc1)C(=O)O2)C(=O)NS(=O)(=O)C1CC1. The zero-order chi connectivity index (χ0) is 42.5. The monoisotopic (exact) mass is 829 g/mol. The minimum atomic E-state index is -3.94. The molecular formula is C44H55N5O9S. The highest BCUT2D eigenvalue weighted by atomic mass is 32.2. The van der Waals surface area contributed by atoms with Crippen LogP contribution >= 0.6 is 0 Å². The number of cyclic esters (lactones) is 1.